The van der Waals surface area contributed by atoms with Gasteiger partial charge in [0.25, 0.3) is 0 Å². The van der Waals surface area contributed by atoms with Crippen molar-refractivity contribution in [1.29, 1.82) is 0 Å². The van der Waals surface area contributed by atoms with Gasteiger partial charge in [-0.15, -0.1) is 11.8 Å². The molecule has 0 unspecified atom stereocenters. The lowest BCUT2D eigenvalue weighted by Gasteiger charge is -2.11. The Morgan fingerprint density at radius 2 is 2.00 bits per heavy atom. The van der Waals surface area contributed by atoms with Crippen LogP contribution in [0, 0.1) is 0 Å². The molecule has 1 aliphatic carbocycles. The van der Waals surface area contributed by atoms with E-state index in [1.54, 1.807) is 6.33 Å². The van der Waals surface area contributed by atoms with Crippen LogP contribution in [0.4, 0.5) is 0 Å². The summed E-state index contributed by atoms with van der Waals surface area (Å²) in [6, 6.07) is 9.00. The van der Waals surface area contributed by atoms with E-state index in [0.717, 1.165) is 28.9 Å². The van der Waals surface area contributed by atoms with Gasteiger partial charge in [0.05, 0.1) is 5.52 Å². The molecule has 0 amide bonds. The molecule has 3 rings (SSSR count). The van der Waals surface area contributed by atoms with Gasteiger partial charge in [0.1, 0.15) is 11.4 Å². The standard InChI is InChI=1S/C16H21N3S/c1-2-7-13(6-1)17-10-5-11-20-16-14-8-3-4-9-15(14)18-12-19-16/h3-4,8-9,12-13,17H,1-2,5-7,10-11H2. The number of aromatic nitrogens is 2. The zero-order valence-corrected chi connectivity index (χ0v) is 12.5. The number of rotatable bonds is 6. The van der Waals surface area contributed by atoms with Gasteiger partial charge in [0.15, 0.2) is 0 Å². The van der Waals surface area contributed by atoms with Gasteiger partial charge in [0, 0.05) is 17.2 Å². The molecule has 0 radical (unpaired) electrons. The first-order chi connectivity index (χ1) is 9.93. The maximum absolute atomic E-state index is 4.41. The summed E-state index contributed by atoms with van der Waals surface area (Å²) >= 11 is 1.84. The molecule has 1 saturated carbocycles. The van der Waals surface area contributed by atoms with E-state index in [-0.39, 0.29) is 0 Å². The predicted molar refractivity (Wildman–Crippen MR) is 85.1 cm³/mol. The third-order valence-electron chi connectivity index (χ3n) is 3.85. The van der Waals surface area contributed by atoms with Crippen LogP contribution >= 0.6 is 11.8 Å². The van der Waals surface area contributed by atoms with Crippen molar-refractivity contribution < 1.29 is 0 Å². The molecule has 0 bridgehead atoms. The Bertz CT molecular complexity index is 547. The first-order valence-corrected chi connectivity index (χ1v) is 8.48. The minimum Gasteiger partial charge on any atom is -0.314 e. The summed E-state index contributed by atoms with van der Waals surface area (Å²) in [7, 11) is 0. The number of benzene rings is 1. The van der Waals surface area contributed by atoms with Crippen LogP contribution in [0.25, 0.3) is 10.9 Å². The van der Waals surface area contributed by atoms with Crippen LogP contribution in [0.3, 0.4) is 0 Å². The molecule has 1 N–H and O–H groups in total. The van der Waals surface area contributed by atoms with Crippen LogP contribution in [0.1, 0.15) is 32.1 Å². The van der Waals surface area contributed by atoms with Gasteiger partial charge in [-0.05, 0) is 31.9 Å². The zero-order valence-electron chi connectivity index (χ0n) is 11.7. The normalized spacial score (nSPS) is 16.0. The number of nitrogens with zero attached hydrogens (tertiary/aromatic N) is 2. The molecule has 106 valence electrons. The highest BCUT2D eigenvalue weighted by molar-refractivity contribution is 7.99. The van der Waals surface area contributed by atoms with Crippen LogP contribution in [-0.2, 0) is 0 Å². The van der Waals surface area contributed by atoms with Crippen LogP contribution in [-0.4, -0.2) is 28.3 Å². The molecule has 1 aromatic heterocycles. The predicted octanol–water partition coefficient (Wildman–Crippen LogP) is 3.64. The van der Waals surface area contributed by atoms with Crippen molar-refractivity contribution in [3.8, 4) is 0 Å². The molecule has 1 aliphatic rings. The van der Waals surface area contributed by atoms with Crippen molar-refractivity contribution >= 4 is 22.7 Å². The van der Waals surface area contributed by atoms with Crippen molar-refractivity contribution in [2.45, 2.75) is 43.2 Å². The Kier molecular flexibility index (Phi) is 4.87. The van der Waals surface area contributed by atoms with Crippen LogP contribution in [0.2, 0.25) is 0 Å². The average molecular weight is 287 g/mol. The number of nitrogens with one attached hydrogen (secondary N) is 1. The fraction of sp³-hybridized carbons (Fsp3) is 0.500. The van der Waals surface area contributed by atoms with Crippen molar-refractivity contribution in [2.75, 3.05) is 12.3 Å². The monoisotopic (exact) mass is 287 g/mol. The van der Waals surface area contributed by atoms with Gasteiger partial charge in [-0.3, -0.25) is 0 Å². The lowest BCUT2D eigenvalue weighted by Crippen LogP contribution is -2.27. The van der Waals surface area contributed by atoms with E-state index in [1.165, 1.54) is 37.5 Å². The SMILES string of the molecule is c1ccc2c(SCCCNC3CCCC3)ncnc2c1. The summed E-state index contributed by atoms with van der Waals surface area (Å²) in [5.74, 6) is 1.11. The Hall–Kier alpha value is -1.13. The number of thioether (sulfide) groups is 1. The summed E-state index contributed by atoms with van der Waals surface area (Å²) in [6.07, 6.45) is 8.40. The summed E-state index contributed by atoms with van der Waals surface area (Å²) < 4.78 is 0. The van der Waals surface area contributed by atoms with Crippen LogP contribution in [0.5, 0.6) is 0 Å². The maximum atomic E-state index is 4.41. The fourth-order valence-electron chi connectivity index (χ4n) is 2.77. The molecule has 3 nitrogen and oxygen atoms in total. The van der Waals surface area contributed by atoms with E-state index >= 15 is 0 Å². The molecule has 0 atom stereocenters. The highest BCUT2D eigenvalue weighted by atomic mass is 32.2. The van der Waals surface area contributed by atoms with Gasteiger partial charge >= 0.3 is 0 Å². The highest BCUT2D eigenvalue weighted by Gasteiger charge is 2.13. The first-order valence-electron chi connectivity index (χ1n) is 7.49. The lowest BCUT2D eigenvalue weighted by molar-refractivity contribution is 0.524. The van der Waals surface area contributed by atoms with Gasteiger partial charge < -0.3 is 5.32 Å². The maximum Gasteiger partial charge on any atom is 0.117 e. The third-order valence-corrected chi connectivity index (χ3v) is 4.95. The van der Waals surface area contributed by atoms with Crippen molar-refractivity contribution in [2.24, 2.45) is 0 Å². The van der Waals surface area contributed by atoms with E-state index in [4.69, 9.17) is 0 Å². The molecule has 1 fully saturated rings. The Balaban J connectivity index is 1.47. The summed E-state index contributed by atoms with van der Waals surface area (Å²) in [5, 5.41) is 5.94. The first kappa shape index (κ1) is 13.8. The minimum atomic E-state index is 0.778. The second-order valence-electron chi connectivity index (χ2n) is 5.33. The van der Waals surface area contributed by atoms with Crippen molar-refractivity contribution in [1.82, 2.24) is 15.3 Å². The van der Waals surface area contributed by atoms with Gasteiger partial charge in [-0.25, -0.2) is 9.97 Å². The minimum absolute atomic E-state index is 0.778. The molecule has 2 aromatic rings. The van der Waals surface area contributed by atoms with E-state index in [1.807, 2.05) is 23.9 Å². The zero-order chi connectivity index (χ0) is 13.6. The average Bonchev–Trinajstić information content (AvgIpc) is 3.00. The van der Waals surface area contributed by atoms with E-state index < -0.39 is 0 Å². The number of para-hydroxylation sites is 1. The molecular formula is C16H21N3S. The van der Waals surface area contributed by atoms with Gasteiger partial charge in [0.2, 0.25) is 0 Å². The quantitative estimate of drug-likeness (QED) is 0.500. The van der Waals surface area contributed by atoms with Crippen LogP contribution in [0.15, 0.2) is 35.6 Å². The summed E-state index contributed by atoms with van der Waals surface area (Å²) in [5.41, 5.74) is 1.04. The van der Waals surface area contributed by atoms with E-state index in [2.05, 4.69) is 27.4 Å². The van der Waals surface area contributed by atoms with Crippen LogP contribution < -0.4 is 5.32 Å². The summed E-state index contributed by atoms with van der Waals surface area (Å²) in [6.45, 7) is 1.13. The molecule has 4 heteroatoms. The van der Waals surface area contributed by atoms with Crippen molar-refractivity contribution in [3.63, 3.8) is 0 Å². The Morgan fingerprint density at radius 1 is 1.15 bits per heavy atom. The molecule has 0 aliphatic heterocycles. The molecule has 1 heterocycles. The second kappa shape index (κ2) is 7.04. The summed E-state index contributed by atoms with van der Waals surface area (Å²) in [4.78, 5) is 8.72. The number of hydrogen-bond donors (Lipinski definition) is 1. The smallest absolute Gasteiger partial charge is 0.117 e. The lowest BCUT2D eigenvalue weighted by atomic mass is 10.2. The topological polar surface area (TPSA) is 37.8 Å². The van der Waals surface area contributed by atoms with Crippen molar-refractivity contribution in [3.05, 3.63) is 30.6 Å². The molecular weight excluding hydrogens is 266 g/mol. The van der Waals surface area contributed by atoms with E-state index in [0.29, 0.717) is 0 Å². The largest absolute Gasteiger partial charge is 0.314 e. The molecule has 20 heavy (non-hydrogen) atoms. The number of fused-ring (bicyclic) bond motifs is 1. The molecule has 0 spiro atoms. The third kappa shape index (κ3) is 3.49. The highest BCUT2D eigenvalue weighted by Crippen LogP contribution is 2.24. The molecule has 0 saturated heterocycles. The second-order valence-corrected chi connectivity index (χ2v) is 6.42. The molecule has 1 aromatic carbocycles. The van der Waals surface area contributed by atoms with E-state index in [9.17, 15) is 0 Å². The fourth-order valence-corrected chi connectivity index (χ4v) is 3.70. The number of hydrogen-bond acceptors (Lipinski definition) is 4. The Labute approximate surface area is 124 Å². The van der Waals surface area contributed by atoms with Gasteiger partial charge in [-0.1, -0.05) is 31.0 Å². The Morgan fingerprint density at radius 3 is 2.90 bits per heavy atom. The van der Waals surface area contributed by atoms with Gasteiger partial charge in [-0.2, -0.15) is 0 Å².